The second kappa shape index (κ2) is 11.9. The molecule has 0 N–H and O–H groups in total. The van der Waals surface area contributed by atoms with Gasteiger partial charge in [0, 0.05) is 0 Å². The summed E-state index contributed by atoms with van der Waals surface area (Å²) in [6.07, 6.45) is 6.88. The van der Waals surface area contributed by atoms with Gasteiger partial charge in [-0.25, -0.2) is 9.78 Å². The molecule has 0 aromatic carbocycles. The lowest BCUT2D eigenvalue weighted by Gasteiger charge is -2.02. The lowest BCUT2D eigenvalue weighted by molar-refractivity contribution is -0.512. The summed E-state index contributed by atoms with van der Waals surface area (Å²) in [5, 5.41) is 4.52. The van der Waals surface area contributed by atoms with Crippen LogP contribution < -0.4 is 0 Å². The molecule has 0 atom stereocenters. The summed E-state index contributed by atoms with van der Waals surface area (Å²) in [4.78, 5) is 9.56. The van der Waals surface area contributed by atoms with Crippen molar-refractivity contribution in [3.63, 3.8) is 0 Å². The van der Waals surface area contributed by atoms with Gasteiger partial charge in [-0.15, -0.1) is 0 Å². The van der Waals surface area contributed by atoms with E-state index in [1.807, 2.05) is 0 Å². The molecule has 0 saturated heterocycles. The first-order valence-electron chi connectivity index (χ1n) is 5.32. The molecular weight excluding hydrogens is 168 g/mol. The number of rotatable bonds is 10. The standard InChI is InChI=1S/C10H22O3/c1-3-5-7-8-10-12-13-11-9-6-4-2/h3-10H2,1-2H3. The number of unbranched alkanes of at least 4 members (excludes halogenated alkanes) is 4. The molecule has 0 rings (SSSR count). The van der Waals surface area contributed by atoms with Gasteiger partial charge in [0.15, 0.2) is 0 Å². The highest BCUT2D eigenvalue weighted by molar-refractivity contribution is 4.36. The monoisotopic (exact) mass is 190 g/mol. The van der Waals surface area contributed by atoms with Crippen LogP contribution in [0.3, 0.4) is 0 Å². The molecule has 0 aliphatic carbocycles. The van der Waals surface area contributed by atoms with Crippen LogP contribution in [0.4, 0.5) is 0 Å². The van der Waals surface area contributed by atoms with Crippen LogP contribution in [0.2, 0.25) is 0 Å². The zero-order valence-electron chi connectivity index (χ0n) is 8.88. The smallest absolute Gasteiger partial charge is 0.0853 e. The van der Waals surface area contributed by atoms with Crippen molar-refractivity contribution in [2.45, 2.75) is 52.4 Å². The highest BCUT2D eigenvalue weighted by Gasteiger charge is 1.91. The third-order valence-electron chi connectivity index (χ3n) is 1.76. The SMILES string of the molecule is CCCCCCOOOCCCC. The molecule has 80 valence electrons. The van der Waals surface area contributed by atoms with E-state index in [0.717, 1.165) is 19.3 Å². The second-order valence-corrected chi connectivity index (χ2v) is 3.13. The average molecular weight is 190 g/mol. The third-order valence-corrected chi connectivity index (χ3v) is 1.76. The van der Waals surface area contributed by atoms with Gasteiger partial charge in [-0.1, -0.05) is 44.6 Å². The first kappa shape index (κ1) is 12.9. The molecular formula is C10H22O3. The van der Waals surface area contributed by atoms with E-state index < -0.39 is 0 Å². The van der Waals surface area contributed by atoms with Crippen LogP contribution in [0.25, 0.3) is 0 Å². The molecule has 0 radical (unpaired) electrons. The molecule has 0 aliphatic rings. The highest BCUT2D eigenvalue weighted by Crippen LogP contribution is 1.99. The lowest BCUT2D eigenvalue weighted by Crippen LogP contribution is -1.99. The first-order valence-corrected chi connectivity index (χ1v) is 5.32. The van der Waals surface area contributed by atoms with E-state index in [4.69, 9.17) is 9.78 Å². The van der Waals surface area contributed by atoms with E-state index in [1.165, 1.54) is 19.3 Å². The molecule has 0 heterocycles. The molecule has 3 nitrogen and oxygen atoms in total. The van der Waals surface area contributed by atoms with Crippen LogP contribution >= 0.6 is 0 Å². The van der Waals surface area contributed by atoms with Gasteiger partial charge in [-0.05, 0) is 12.8 Å². The van der Waals surface area contributed by atoms with E-state index in [2.05, 4.69) is 18.9 Å². The van der Waals surface area contributed by atoms with Crippen molar-refractivity contribution in [2.75, 3.05) is 13.2 Å². The Bertz CT molecular complexity index is 76.2. The molecule has 13 heavy (non-hydrogen) atoms. The average Bonchev–Trinajstić information content (AvgIpc) is 2.16. The molecule has 0 spiro atoms. The summed E-state index contributed by atoms with van der Waals surface area (Å²) in [7, 11) is 0. The topological polar surface area (TPSA) is 27.7 Å². The Kier molecular flexibility index (Phi) is 11.8. The minimum absolute atomic E-state index is 0.617. The Balaban J connectivity index is 2.76. The molecule has 0 amide bonds. The Hall–Kier alpha value is -0.120. The predicted octanol–water partition coefficient (Wildman–Crippen LogP) is 3.25. The zero-order chi connectivity index (χ0) is 9.78. The Labute approximate surface area is 81.2 Å². The summed E-state index contributed by atoms with van der Waals surface area (Å²) in [6.45, 7) is 5.54. The maximum absolute atomic E-state index is 4.80. The first-order chi connectivity index (χ1) is 6.41. The largest absolute Gasteiger partial charge is 0.206 e. The zero-order valence-corrected chi connectivity index (χ0v) is 8.88. The van der Waals surface area contributed by atoms with Crippen molar-refractivity contribution in [3.05, 3.63) is 0 Å². The summed E-state index contributed by atoms with van der Waals surface area (Å²) in [5.41, 5.74) is 0. The predicted molar refractivity (Wildman–Crippen MR) is 52.0 cm³/mol. The van der Waals surface area contributed by atoms with Gasteiger partial charge in [0.2, 0.25) is 0 Å². The van der Waals surface area contributed by atoms with Gasteiger partial charge in [0.1, 0.15) is 0 Å². The van der Waals surface area contributed by atoms with E-state index in [-0.39, 0.29) is 0 Å². The molecule has 0 aromatic rings. The van der Waals surface area contributed by atoms with Gasteiger partial charge >= 0.3 is 0 Å². The molecule has 0 bridgehead atoms. The molecule has 0 unspecified atom stereocenters. The molecule has 3 heteroatoms. The van der Waals surface area contributed by atoms with E-state index in [9.17, 15) is 0 Å². The number of hydrogen-bond donors (Lipinski definition) is 0. The second-order valence-electron chi connectivity index (χ2n) is 3.13. The maximum Gasteiger partial charge on any atom is 0.0853 e. The minimum atomic E-state index is 0.617. The summed E-state index contributed by atoms with van der Waals surface area (Å²) < 4.78 is 0. The molecule has 0 aromatic heterocycles. The Morgan fingerprint density at radius 1 is 0.692 bits per heavy atom. The van der Waals surface area contributed by atoms with Crippen LogP contribution in [-0.2, 0) is 14.8 Å². The molecule has 0 fully saturated rings. The summed E-state index contributed by atoms with van der Waals surface area (Å²) in [6, 6.07) is 0. The van der Waals surface area contributed by atoms with Gasteiger partial charge in [0.05, 0.1) is 13.2 Å². The molecule has 0 aliphatic heterocycles. The Morgan fingerprint density at radius 2 is 1.31 bits per heavy atom. The fourth-order valence-corrected chi connectivity index (χ4v) is 0.893. The van der Waals surface area contributed by atoms with E-state index in [0.29, 0.717) is 13.2 Å². The van der Waals surface area contributed by atoms with Crippen LogP contribution in [-0.4, -0.2) is 13.2 Å². The van der Waals surface area contributed by atoms with E-state index >= 15 is 0 Å². The van der Waals surface area contributed by atoms with Crippen LogP contribution in [0, 0.1) is 0 Å². The van der Waals surface area contributed by atoms with Crippen LogP contribution in [0.5, 0.6) is 0 Å². The summed E-state index contributed by atoms with van der Waals surface area (Å²) in [5.74, 6) is 0. The lowest BCUT2D eigenvalue weighted by atomic mass is 10.2. The van der Waals surface area contributed by atoms with Gasteiger partial charge in [-0.3, -0.25) is 0 Å². The van der Waals surface area contributed by atoms with E-state index in [1.54, 1.807) is 0 Å². The van der Waals surface area contributed by atoms with Crippen molar-refractivity contribution >= 4 is 0 Å². The van der Waals surface area contributed by atoms with Gasteiger partial charge in [0.25, 0.3) is 0 Å². The minimum Gasteiger partial charge on any atom is -0.206 e. The number of hydrogen-bond acceptors (Lipinski definition) is 3. The molecule has 0 saturated carbocycles. The summed E-state index contributed by atoms with van der Waals surface area (Å²) >= 11 is 0. The Morgan fingerprint density at radius 3 is 1.92 bits per heavy atom. The fourth-order valence-electron chi connectivity index (χ4n) is 0.893. The fraction of sp³-hybridized carbons (Fsp3) is 1.00. The maximum atomic E-state index is 4.80. The van der Waals surface area contributed by atoms with Crippen molar-refractivity contribution in [1.29, 1.82) is 0 Å². The van der Waals surface area contributed by atoms with Gasteiger partial charge in [-0.2, -0.15) is 0 Å². The van der Waals surface area contributed by atoms with Crippen molar-refractivity contribution in [2.24, 2.45) is 0 Å². The normalized spacial score (nSPS) is 10.6. The third kappa shape index (κ3) is 11.9. The van der Waals surface area contributed by atoms with Gasteiger partial charge < -0.3 is 0 Å². The van der Waals surface area contributed by atoms with Crippen molar-refractivity contribution < 1.29 is 14.8 Å². The van der Waals surface area contributed by atoms with Crippen molar-refractivity contribution in [3.8, 4) is 0 Å². The van der Waals surface area contributed by atoms with Crippen LogP contribution in [0.1, 0.15) is 52.4 Å². The highest BCUT2D eigenvalue weighted by atomic mass is 17.5. The van der Waals surface area contributed by atoms with Crippen molar-refractivity contribution in [1.82, 2.24) is 0 Å². The quantitative estimate of drug-likeness (QED) is 0.301. The van der Waals surface area contributed by atoms with Crippen LogP contribution in [0.15, 0.2) is 0 Å².